The van der Waals surface area contributed by atoms with E-state index in [0.717, 1.165) is 17.0 Å². The first-order valence-electron chi connectivity index (χ1n) is 7.65. The van der Waals surface area contributed by atoms with E-state index in [1.807, 2.05) is 67.2 Å². The van der Waals surface area contributed by atoms with E-state index in [-0.39, 0.29) is 11.9 Å². The molecule has 0 spiro atoms. The van der Waals surface area contributed by atoms with Crippen LogP contribution >= 0.6 is 11.6 Å². The first-order valence-corrected chi connectivity index (χ1v) is 8.02. The van der Waals surface area contributed by atoms with Gasteiger partial charge in [-0.25, -0.2) is 4.98 Å². The van der Waals surface area contributed by atoms with Gasteiger partial charge < -0.3 is 9.88 Å². The fraction of sp³-hybridized carbons (Fsp3) is 0.158. The van der Waals surface area contributed by atoms with Crippen molar-refractivity contribution in [3.8, 4) is 0 Å². The quantitative estimate of drug-likeness (QED) is 0.783. The Morgan fingerprint density at radius 2 is 2.00 bits per heavy atom. The summed E-state index contributed by atoms with van der Waals surface area (Å²) in [7, 11) is 1.90. The number of aryl methyl sites for hydroxylation is 2. The van der Waals surface area contributed by atoms with Crippen molar-refractivity contribution in [2.24, 2.45) is 7.05 Å². The van der Waals surface area contributed by atoms with E-state index >= 15 is 0 Å². The normalized spacial score (nSPS) is 12.0. The van der Waals surface area contributed by atoms with Gasteiger partial charge >= 0.3 is 0 Å². The highest BCUT2D eigenvalue weighted by Gasteiger charge is 2.21. The van der Waals surface area contributed by atoms with Gasteiger partial charge in [0.1, 0.15) is 11.9 Å². The minimum Gasteiger partial charge on any atom is -0.338 e. The van der Waals surface area contributed by atoms with Gasteiger partial charge in [-0.15, -0.1) is 0 Å². The molecule has 24 heavy (non-hydrogen) atoms. The molecule has 0 aliphatic carbocycles. The number of benzene rings is 2. The zero-order chi connectivity index (χ0) is 17.1. The van der Waals surface area contributed by atoms with Crippen LogP contribution in [-0.2, 0) is 7.05 Å². The molecule has 4 nitrogen and oxygen atoms in total. The van der Waals surface area contributed by atoms with Crippen molar-refractivity contribution in [1.82, 2.24) is 14.9 Å². The fourth-order valence-corrected chi connectivity index (χ4v) is 2.84. The fourth-order valence-electron chi connectivity index (χ4n) is 2.64. The lowest BCUT2D eigenvalue weighted by Crippen LogP contribution is -2.31. The molecule has 122 valence electrons. The van der Waals surface area contributed by atoms with Gasteiger partial charge in [0.25, 0.3) is 5.91 Å². The van der Waals surface area contributed by atoms with E-state index in [1.165, 1.54) is 0 Å². The van der Waals surface area contributed by atoms with Gasteiger partial charge in [0.15, 0.2) is 0 Å². The molecule has 2 aromatic carbocycles. The number of carbonyl (C=O) groups is 1. The van der Waals surface area contributed by atoms with Crippen molar-refractivity contribution in [1.29, 1.82) is 0 Å². The molecular formula is C19H18ClN3O. The second-order valence-electron chi connectivity index (χ2n) is 5.73. The molecule has 0 radical (unpaired) electrons. The third-order valence-electron chi connectivity index (χ3n) is 3.85. The molecule has 1 amide bonds. The van der Waals surface area contributed by atoms with Crippen LogP contribution in [0.15, 0.2) is 60.9 Å². The van der Waals surface area contributed by atoms with Crippen molar-refractivity contribution in [3.05, 3.63) is 88.5 Å². The van der Waals surface area contributed by atoms with Crippen LogP contribution in [0.2, 0.25) is 5.02 Å². The highest BCUT2D eigenvalue weighted by Crippen LogP contribution is 2.23. The van der Waals surface area contributed by atoms with Gasteiger partial charge in [-0.05, 0) is 36.8 Å². The van der Waals surface area contributed by atoms with Crippen molar-refractivity contribution < 1.29 is 4.79 Å². The van der Waals surface area contributed by atoms with Crippen LogP contribution in [0.3, 0.4) is 0 Å². The number of aromatic nitrogens is 2. The lowest BCUT2D eigenvalue weighted by atomic mass is 10.0. The molecule has 0 fully saturated rings. The molecule has 0 aliphatic rings. The van der Waals surface area contributed by atoms with Gasteiger partial charge in [0, 0.05) is 30.0 Å². The summed E-state index contributed by atoms with van der Waals surface area (Å²) in [5, 5.41) is 3.69. The number of rotatable bonds is 4. The van der Waals surface area contributed by atoms with Crippen LogP contribution < -0.4 is 5.32 Å². The predicted molar refractivity (Wildman–Crippen MR) is 95.1 cm³/mol. The van der Waals surface area contributed by atoms with Crippen molar-refractivity contribution in [2.45, 2.75) is 13.0 Å². The molecule has 0 aliphatic heterocycles. The van der Waals surface area contributed by atoms with Gasteiger partial charge in [0.05, 0.1) is 0 Å². The molecule has 1 heterocycles. The van der Waals surface area contributed by atoms with Crippen LogP contribution in [0.5, 0.6) is 0 Å². The standard InChI is InChI=1S/C19H18ClN3O/c1-13-5-3-7-15(11-13)19(24)22-17(18-21-9-10-23(18)2)14-6-4-8-16(20)12-14/h3-12,17H,1-2H3,(H,22,24). The van der Waals surface area contributed by atoms with Crippen LogP contribution in [0, 0.1) is 6.92 Å². The lowest BCUT2D eigenvalue weighted by molar-refractivity contribution is 0.0941. The molecule has 5 heteroatoms. The second kappa shape index (κ2) is 6.89. The third-order valence-corrected chi connectivity index (χ3v) is 4.09. The van der Waals surface area contributed by atoms with E-state index in [4.69, 9.17) is 11.6 Å². The van der Waals surface area contributed by atoms with Crippen molar-refractivity contribution in [3.63, 3.8) is 0 Å². The van der Waals surface area contributed by atoms with Gasteiger partial charge in [-0.3, -0.25) is 4.79 Å². The Balaban J connectivity index is 1.96. The number of carbonyl (C=O) groups excluding carboxylic acids is 1. The maximum absolute atomic E-state index is 12.7. The molecule has 1 aromatic heterocycles. The molecule has 1 atom stereocenters. The number of amides is 1. The average molecular weight is 340 g/mol. The Bertz CT molecular complexity index is 872. The zero-order valence-corrected chi connectivity index (χ0v) is 14.3. The highest BCUT2D eigenvalue weighted by atomic mass is 35.5. The van der Waals surface area contributed by atoms with Crippen LogP contribution in [-0.4, -0.2) is 15.5 Å². The minimum atomic E-state index is -0.378. The van der Waals surface area contributed by atoms with Crippen LogP contribution in [0.4, 0.5) is 0 Å². The molecule has 0 saturated carbocycles. The first-order chi connectivity index (χ1) is 11.5. The highest BCUT2D eigenvalue weighted by molar-refractivity contribution is 6.30. The molecule has 1 unspecified atom stereocenters. The lowest BCUT2D eigenvalue weighted by Gasteiger charge is -2.19. The van der Waals surface area contributed by atoms with Crippen LogP contribution in [0.1, 0.15) is 33.4 Å². The molecule has 0 saturated heterocycles. The van der Waals surface area contributed by atoms with E-state index < -0.39 is 0 Å². The average Bonchev–Trinajstić information content (AvgIpc) is 2.98. The van der Waals surface area contributed by atoms with E-state index in [2.05, 4.69) is 10.3 Å². The van der Waals surface area contributed by atoms with Gasteiger partial charge in [0.2, 0.25) is 0 Å². The summed E-state index contributed by atoms with van der Waals surface area (Å²) in [6.45, 7) is 1.96. The molecule has 1 N–H and O–H groups in total. The largest absolute Gasteiger partial charge is 0.338 e. The van der Waals surface area contributed by atoms with Gasteiger partial charge in [-0.2, -0.15) is 0 Å². The number of nitrogens with zero attached hydrogens (tertiary/aromatic N) is 2. The van der Waals surface area contributed by atoms with Gasteiger partial charge in [-0.1, -0.05) is 41.4 Å². The summed E-state index contributed by atoms with van der Waals surface area (Å²) in [6.07, 6.45) is 3.57. The number of hydrogen-bond donors (Lipinski definition) is 1. The Labute approximate surface area is 146 Å². The van der Waals surface area contributed by atoms with Crippen molar-refractivity contribution in [2.75, 3.05) is 0 Å². The first kappa shape index (κ1) is 16.3. The topological polar surface area (TPSA) is 46.9 Å². The molecule has 3 aromatic rings. The SMILES string of the molecule is Cc1cccc(C(=O)NC(c2cccc(Cl)c2)c2nccn2C)c1. The monoisotopic (exact) mass is 339 g/mol. The number of nitrogens with one attached hydrogen (secondary N) is 1. The number of halogens is 1. The summed E-state index contributed by atoms with van der Waals surface area (Å²) >= 11 is 6.12. The third kappa shape index (κ3) is 3.49. The minimum absolute atomic E-state index is 0.147. The summed E-state index contributed by atoms with van der Waals surface area (Å²) in [6, 6.07) is 14.6. The predicted octanol–water partition coefficient (Wildman–Crippen LogP) is 3.90. The van der Waals surface area contributed by atoms with Crippen LogP contribution in [0.25, 0.3) is 0 Å². The molecule has 3 rings (SSSR count). The Kier molecular flexibility index (Phi) is 4.67. The maximum atomic E-state index is 12.7. The van der Waals surface area contributed by atoms with E-state index in [1.54, 1.807) is 12.3 Å². The number of hydrogen-bond acceptors (Lipinski definition) is 2. The zero-order valence-electron chi connectivity index (χ0n) is 13.5. The van der Waals surface area contributed by atoms with Crippen molar-refractivity contribution >= 4 is 17.5 Å². The Morgan fingerprint density at radius 1 is 1.21 bits per heavy atom. The summed E-state index contributed by atoms with van der Waals surface area (Å²) in [5.41, 5.74) is 2.55. The Hall–Kier alpha value is -2.59. The van der Waals surface area contributed by atoms with E-state index in [0.29, 0.717) is 10.6 Å². The molecular weight excluding hydrogens is 322 g/mol. The summed E-state index contributed by atoms with van der Waals surface area (Å²) in [4.78, 5) is 17.1. The Morgan fingerprint density at radius 3 is 2.67 bits per heavy atom. The summed E-state index contributed by atoms with van der Waals surface area (Å²) in [5.74, 6) is 0.602. The van der Waals surface area contributed by atoms with E-state index in [9.17, 15) is 4.79 Å². The number of imidazole rings is 1. The summed E-state index contributed by atoms with van der Waals surface area (Å²) < 4.78 is 1.89. The molecule has 0 bridgehead atoms. The second-order valence-corrected chi connectivity index (χ2v) is 6.16. The smallest absolute Gasteiger partial charge is 0.252 e. The maximum Gasteiger partial charge on any atom is 0.252 e.